The van der Waals surface area contributed by atoms with Crippen molar-refractivity contribution in [1.82, 2.24) is 4.31 Å². The Bertz CT molecular complexity index is 754. The molecular weight excluding hydrogens is 356 g/mol. The van der Waals surface area contributed by atoms with Crippen LogP contribution in [0.4, 0.5) is 11.4 Å². The number of anilines is 1. The number of hydrogen-bond donors (Lipinski definition) is 1. The fraction of sp³-hybridized carbons (Fsp3) is 0.647. The molecular formula is C17H27N4O4S+. The van der Waals surface area contributed by atoms with Crippen molar-refractivity contribution in [3.63, 3.8) is 0 Å². The van der Waals surface area contributed by atoms with Crippen molar-refractivity contribution < 1.29 is 18.2 Å². The highest BCUT2D eigenvalue weighted by atomic mass is 32.2. The molecule has 0 atom stereocenters. The number of nitro groups is 1. The highest BCUT2D eigenvalue weighted by Gasteiger charge is 2.30. The highest BCUT2D eigenvalue weighted by molar-refractivity contribution is 7.89. The number of quaternary nitrogens is 1. The van der Waals surface area contributed by atoms with Crippen LogP contribution >= 0.6 is 0 Å². The molecule has 3 rings (SSSR count). The Hall–Kier alpha value is -1.71. The number of nitro benzene ring substituents is 1. The first-order valence-corrected chi connectivity index (χ1v) is 10.7. The topological polar surface area (TPSA) is 88.2 Å². The predicted molar refractivity (Wildman–Crippen MR) is 99.2 cm³/mol. The van der Waals surface area contributed by atoms with E-state index in [0.29, 0.717) is 18.8 Å². The molecule has 0 unspecified atom stereocenters. The molecule has 9 heteroatoms. The Labute approximate surface area is 154 Å². The number of benzene rings is 1. The normalized spacial score (nSPS) is 20.3. The molecule has 26 heavy (non-hydrogen) atoms. The number of rotatable bonds is 5. The van der Waals surface area contributed by atoms with Gasteiger partial charge in [-0.15, -0.1) is 0 Å². The minimum absolute atomic E-state index is 0.0210. The summed E-state index contributed by atoms with van der Waals surface area (Å²) in [6.07, 6.45) is 2.70. The summed E-state index contributed by atoms with van der Waals surface area (Å²) in [5.74, 6) is 0. The molecule has 2 heterocycles. The molecule has 0 bridgehead atoms. The zero-order chi connectivity index (χ0) is 18.7. The number of likely N-dealkylation sites (N-methyl/N-ethyl adjacent to an activating group) is 1. The number of sulfonamides is 1. The third-order valence-electron chi connectivity index (χ3n) is 5.41. The van der Waals surface area contributed by atoms with Gasteiger partial charge >= 0.3 is 0 Å². The van der Waals surface area contributed by atoms with E-state index in [1.54, 1.807) is 6.07 Å². The van der Waals surface area contributed by atoms with E-state index in [9.17, 15) is 18.5 Å². The Morgan fingerprint density at radius 2 is 1.77 bits per heavy atom. The Morgan fingerprint density at radius 3 is 2.35 bits per heavy atom. The Morgan fingerprint density at radius 1 is 1.12 bits per heavy atom. The lowest BCUT2D eigenvalue weighted by atomic mass is 10.2. The van der Waals surface area contributed by atoms with Crippen LogP contribution < -0.4 is 9.80 Å². The fourth-order valence-corrected chi connectivity index (χ4v) is 5.29. The van der Waals surface area contributed by atoms with Gasteiger partial charge in [-0.25, -0.2) is 8.42 Å². The molecule has 0 aromatic heterocycles. The van der Waals surface area contributed by atoms with Gasteiger partial charge in [0.05, 0.1) is 42.5 Å². The summed E-state index contributed by atoms with van der Waals surface area (Å²) >= 11 is 0. The lowest BCUT2D eigenvalue weighted by Gasteiger charge is -2.33. The summed E-state index contributed by atoms with van der Waals surface area (Å²) in [7, 11) is -3.67. The number of nitrogens with zero attached hydrogens (tertiary/aromatic N) is 3. The summed E-state index contributed by atoms with van der Waals surface area (Å²) in [6.45, 7) is 7.49. The second-order valence-corrected chi connectivity index (χ2v) is 8.90. The van der Waals surface area contributed by atoms with Gasteiger partial charge in [-0.3, -0.25) is 10.1 Å². The second kappa shape index (κ2) is 7.89. The summed E-state index contributed by atoms with van der Waals surface area (Å²) < 4.78 is 27.1. The first-order chi connectivity index (χ1) is 12.4. The first-order valence-electron chi connectivity index (χ1n) is 9.30. The predicted octanol–water partition coefficient (Wildman–Crippen LogP) is 0.494. The quantitative estimate of drug-likeness (QED) is 0.591. The van der Waals surface area contributed by atoms with Crippen LogP contribution in [0.1, 0.15) is 26.2 Å². The lowest BCUT2D eigenvalue weighted by molar-refractivity contribution is -0.898. The van der Waals surface area contributed by atoms with E-state index in [0.717, 1.165) is 52.0 Å². The van der Waals surface area contributed by atoms with Crippen LogP contribution in [-0.4, -0.2) is 63.5 Å². The molecule has 1 aromatic rings. The largest absolute Gasteiger partial charge is 0.355 e. The SMILES string of the molecule is CC[NH+]1CCN(c2ccc(S(=O)(=O)N3CCCCC3)cc2[N+](=O)[O-])CC1. The van der Waals surface area contributed by atoms with Crippen molar-refractivity contribution in [1.29, 1.82) is 0 Å². The molecule has 0 radical (unpaired) electrons. The van der Waals surface area contributed by atoms with Crippen molar-refractivity contribution >= 4 is 21.4 Å². The van der Waals surface area contributed by atoms with Crippen molar-refractivity contribution in [3.05, 3.63) is 28.3 Å². The maximum atomic E-state index is 12.8. The van der Waals surface area contributed by atoms with Crippen LogP contribution in [0.5, 0.6) is 0 Å². The molecule has 2 aliphatic heterocycles. The maximum Gasteiger partial charge on any atom is 0.293 e. The van der Waals surface area contributed by atoms with Crippen LogP contribution in [0.25, 0.3) is 0 Å². The second-order valence-electron chi connectivity index (χ2n) is 6.96. The standard InChI is InChI=1S/C17H26N4O4S/c1-2-18-10-12-19(13-11-18)16-7-6-15(14-17(16)21(22)23)26(24,25)20-8-4-3-5-9-20/h6-7,14H,2-5,8-13H2,1H3/p+1. The van der Waals surface area contributed by atoms with Gasteiger partial charge in [-0.05, 0) is 31.9 Å². The van der Waals surface area contributed by atoms with Crippen molar-refractivity contribution in [2.24, 2.45) is 0 Å². The van der Waals surface area contributed by atoms with Gasteiger partial charge in [-0.1, -0.05) is 6.42 Å². The summed E-state index contributed by atoms with van der Waals surface area (Å²) in [5.41, 5.74) is 0.394. The number of piperidine rings is 1. The first kappa shape index (κ1) is 19.1. The molecule has 8 nitrogen and oxygen atoms in total. The zero-order valence-electron chi connectivity index (χ0n) is 15.2. The van der Waals surface area contributed by atoms with E-state index in [2.05, 4.69) is 6.92 Å². The minimum Gasteiger partial charge on any atom is -0.355 e. The van der Waals surface area contributed by atoms with Crippen LogP contribution in [0.15, 0.2) is 23.1 Å². The van der Waals surface area contributed by atoms with Crippen LogP contribution in [0.2, 0.25) is 0 Å². The molecule has 144 valence electrons. The molecule has 2 saturated heterocycles. The number of piperazine rings is 1. The van der Waals surface area contributed by atoms with E-state index in [1.165, 1.54) is 21.3 Å². The third-order valence-corrected chi connectivity index (χ3v) is 7.30. The molecule has 0 amide bonds. The average molecular weight is 383 g/mol. The average Bonchev–Trinajstić information content (AvgIpc) is 2.68. The van der Waals surface area contributed by atoms with E-state index in [1.807, 2.05) is 4.90 Å². The number of hydrogen-bond acceptors (Lipinski definition) is 5. The molecule has 0 saturated carbocycles. The third kappa shape index (κ3) is 3.84. The van der Waals surface area contributed by atoms with E-state index >= 15 is 0 Å². The maximum absolute atomic E-state index is 12.8. The van der Waals surface area contributed by atoms with Gasteiger partial charge in [0.25, 0.3) is 5.69 Å². The minimum atomic E-state index is -3.67. The van der Waals surface area contributed by atoms with Crippen molar-refractivity contribution in [2.45, 2.75) is 31.1 Å². The fourth-order valence-electron chi connectivity index (χ4n) is 3.75. The molecule has 2 fully saturated rings. The van der Waals surface area contributed by atoms with Gasteiger partial charge in [0.2, 0.25) is 10.0 Å². The zero-order valence-corrected chi connectivity index (χ0v) is 16.0. The van der Waals surface area contributed by atoms with Gasteiger partial charge in [0, 0.05) is 19.2 Å². The highest BCUT2D eigenvalue weighted by Crippen LogP contribution is 2.32. The number of nitrogens with one attached hydrogen (secondary N) is 1. The Balaban J connectivity index is 1.88. The molecule has 1 aromatic carbocycles. The van der Waals surface area contributed by atoms with Gasteiger partial charge in [0.15, 0.2) is 0 Å². The monoisotopic (exact) mass is 383 g/mol. The molecule has 2 aliphatic rings. The van der Waals surface area contributed by atoms with E-state index in [-0.39, 0.29) is 10.6 Å². The van der Waals surface area contributed by atoms with Crippen LogP contribution in [0, 0.1) is 10.1 Å². The summed E-state index contributed by atoms with van der Waals surface area (Å²) in [4.78, 5) is 14.6. The molecule has 0 aliphatic carbocycles. The van der Waals surface area contributed by atoms with Crippen molar-refractivity contribution in [2.75, 3.05) is 50.7 Å². The summed E-state index contributed by atoms with van der Waals surface area (Å²) in [6, 6.07) is 4.36. The van der Waals surface area contributed by atoms with Gasteiger partial charge in [-0.2, -0.15) is 4.31 Å². The van der Waals surface area contributed by atoms with E-state index in [4.69, 9.17) is 0 Å². The summed E-state index contributed by atoms with van der Waals surface area (Å²) in [5, 5.41) is 11.6. The van der Waals surface area contributed by atoms with Gasteiger partial charge < -0.3 is 9.80 Å². The van der Waals surface area contributed by atoms with E-state index < -0.39 is 14.9 Å². The smallest absolute Gasteiger partial charge is 0.293 e. The Kier molecular flexibility index (Phi) is 5.79. The van der Waals surface area contributed by atoms with Crippen molar-refractivity contribution in [3.8, 4) is 0 Å². The van der Waals surface area contributed by atoms with Crippen LogP contribution in [-0.2, 0) is 10.0 Å². The molecule has 0 spiro atoms. The van der Waals surface area contributed by atoms with Crippen LogP contribution in [0.3, 0.4) is 0 Å². The molecule has 1 N–H and O–H groups in total. The van der Waals surface area contributed by atoms with Gasteiger partial charge in [0.1, 0.15) is 5.69 Å². The lowest BCUT2D eigenvalue weighted by Crippen LogP contribution is -3.14.